The zero-order chi connectivity index (χ0) is 19.8. The quantitative estimate of drug-likeness (QED) is 0.602. The van der Waals surface area contributed by atoms with E-state index in [9.17, 15) is 9.59 Å². The highest BCUT2D eigenvalue weighted by Crippen LogP contribution is 2.33. The number of amides is 1. The Bertz CT molecular complexity index is 1100. The molecule has 3 aromatic rings. The van der Waals surface area contributed by atoms with E-state index in [2.05, 4.69) is 20.4 Å². The standard InChI is InChI=1S/C19H20N6O2S2/c26-16(20-7-5-12-10-28-18(22-12)24-8-2-6-21-24)9-13-11-29-19-23-15-4-1-3-14(15)17(27)25(13)19/h2,6,8,10,13H,1,3-5,7,9,11H2,(H,20,26). The Morgan fingerprint density at radius 1 is 1.31 bits per heavy atom. The molecule has 1 unspecified atom stereocenters. The first-order chi connectivity index (χ1) is 14.2. The van der Waals surface area contributed by atoms with E-state index < -0.39 is 0 Å². The zero-order valence-corrected chi connectivity index (χ0v) is 17.3. The number of fused-ring (bicyclic) bond motifs is 2. The number of aromatic nitrogens is 5. The van der Waals surface area contributed by atoms with Crippen molar-refractivity contribution in [2.45, 2.75) is 43.3 Å². The highest BCUT2D eigenvalue weighted by atomic mass is 32.2. The average Bonchev–Trinajstić information content (AvgIpc) is 3.49. The van der Waals surface area contributed by atoms with Gasteiger partial charge in [0.15, 0.2) is 5.16 Å². The molecule has 0 spiro atoms. The zero-order valence-electron chi connectivity index (χ0n) is 15.7. The van der Waals surface area contributed by atoms with Crippen LogP contribution in [0.2, 0.25) is 0 Å². The summed E-state index contributed by atoms with van der Waals surface area (Å²) >= 11 is 3.10. The van der Waals surface area contributed by atoms with Crippen molar-refractivity contribution in [2.24, 2.45) is 0 Å². The summed E-state index contributed by atoms with van der Waals surface area (Å²) in [5, 5.41) is 10.7. The molecule has 1 atom stereocenters. The number of nitrogens with one attached hydrogen (secondary N) is 1. The van der Waals surface area contributed by atoms with Crippen LogP contribution in [0.4, 0.5) is 0 Å². The van der Waals surface area contributed by atoms with Gasteiger partial charge in [-0.25, -0.2) is 14.6 Å². The van der Waals surface area contributed by atoms with Gasteiger partial charge in [-0.3, -0.25) is 14.2 Å². The van der Waals surface area contributed by atoms with Crippen molar-refractivity contribution in [1.29, 1.82) is 0 Å². The molecule has 1 amide bonds. The predicted molar refractivity (Wildman–Crippen MR) is 111 cm³/mol. The van der Waals surface area contributed by atoms with Crippen LogP contribution in [0, 0.1) is 0 Å². The monoisotopic (exact) mass is 428 g/mol. The molecule has 1 aliphatic heterocycles. The third-order valence-corrected chi connectivity index (χ3v) is 7.21. The number of nitrogens with zero attached hydrogens (tertiary/aromatic N) is 5. The summed E-state index contributed by atoms with van der Waals surface area (Å²) in [6.07, 6.45) is 7.23. The largest absolute Gasteiger partial charge is 0.356 e. The molecule has 150 valence electrons. The van der Waals surface area contributed by atoms with E-state index >= 15 is 0 Å². The maximum absolute atomic E-state index is 12.8. The van der Waals surface area contributed by atoms with Crippen LogP contribution >= 0.6 is 23.1 Å². The minimum atomic E-state index is -0.119. The van der Waals surface area contributed by atoms with Crippen LogP contribution in [-0.4, -0.2) is 42.5 Å². The molecule has 0 bridgehead atoms. The first-order valence-corrected chi connectivity index (χ1v) is 11.5. The highest BCUT2D eigenvalue weighted by molar-refractivity contribution is 7.99. The Kier molecular flexibility index (Phi) is 4.96. The number of rotatable bonds is 6. The Labute approximate surface area is 175 Å². The van der Waals surface area contributed by atoms with Gasteiger partial charge in [0.2, 0.25) is 11.0 Å². The lowest BCUT2D eigenvalue weighted by Gasteiger charge is -2.14. The van der Waals surface area contributed by atoms with Crippen LogP contribution in [0.1, 0.15) is 35.8 Å². The van der Waals surface area contributed by atoms with Crippen LogP contribution in [0.3, 0.4) is 0 Å². The van der Waals surface area contributed by atoms with Crippen LogP contribution in [-0.2, 0) is 24.1 Å². The van der Waals surface area contributed by atoms with Gasteiger partial charge in [-0.2, -0.15) is 5.10 Å². The van der Waals surface area contributed by atoms with E-state index in [1.165, 1.54) is 11.3 Å². The number of hydrogen-bond acceptors (Lipinski definition) is 7. The van der Waals surface area contributed by atoms with Crippen molar-refractivity contribution < 1.29 is 4.79 Å². The van der Waals surface area contributed by atoms with Crippen molar-refractivity contribution in [3.63, 3.8) is 0 Å². The molecular formula is C19H20N6O2S2. The summed E-state index contributed by atoms with van der Waals surface area (Å²) < 4.78 is 3.47. The van der Waals surface area contributed by atoms with Crippen LogP contribution in [0.15, 0.2) is 33.8 Å². The highest BCUT2D eigenvalue weighted by Gasteiger charge is 2.31. The minimum absolute atomic E-state index is 0.0432. The SMILES string of the molecule is O=C(CC1CSc2nc3c(c(=O)n21)CCC3)NCCc1csc(-n2cccn2)n1. The van der Waals surface area contributed by atoms with Gasteiger partial charge >= 0.3 is 0 Å². The van der Waals surface area contributed by atoms with E-state index in [0.29, 0.717) is 19.4 Å². The second-order valence-electron chi connectivity index (χ2n) is 7.19. The molecule has 4 heterocycles. The van der Waals surface area contributed by atoms with Gasteiger partial charge in [0.05, 0.1) is 17.4 Å². The number of thiazole rings is 1. The Balaban J connectivity index is 1.17. The Hall–Kier alpha value is -2.46. The molecule has 0 fully saturated rings. The van der Waals surface area contributed by atoms with Crippen LogP contribution in [0.25, 0.3) is 5.13 Å². The van der Waals surface area contributed by atoms with Crippen LogP contribution < -0.4 is 10.9 Å². The van der Waals surface area contributed by atoms with Gasteiger partial charge in [-0.05, 0) is 25.3 Å². The number of hydrogen-bond donors (Lipinski definition) is 1. The molecule has 5 rings (SSSR count). The van der Waals surface area contributed by atoms with E-state index in [4.69, 9.17) is 0 Å². The van der Waals surface area contributed by atoms with E-state index in [1.54, 1.807) is 27.2 Å². The topological polar surface area (TPSA) is 94.7 Å². The summed E-state index contributed by atoms with van der Waals surface area (Å²) in [7, 11) is 0. The van der Waals surface area contributed by atoms with Gasteiger partial charge in [0.1, 0.15) is 0 Å². The molecule has 2 aliphatic rings. The molecule has 3 aromatic heterocycles. The number of aryl methyl sites for hydroxylation is 1. The molecule has 0 aromatic carbocycles. The molecule has 1 aliphatic carbocycles. The summed E-state index contributed by atoms with van der Waals surface area (Å²) in [6, 6.07) is 1.74. The number of carbonyl (C=O) groups excluding carboxylic acids is 1. The smallest absolute Gasteiger partial charge is 0.257 e. The Morgan fingerprint density at radius 3 is 3.10 bits per heavy atom. The summed E-state index contributed by atoms with van der Waals surface area (Å²) in [5.74, 6) is 0.677. The number of thioether (sulfide) groups is 1. The summed E-state index contributed by atoms with van der Waals surface area (Å²) in [6.45, 7) is 0.519. The fourth-order valence-corrected chi connectivity index (χ4v) is 5.77. The second-order valence-corrected chi connectivity index (χ2v) is 9.01. The van der Waals surface area contributed by atoms with Crippen molar-refractivity contribution in [2.75, 3.05) is 12.3 Å². The summed E-state index contributed by atoms with van der Waals surface area (Å²) in [5.41, 5.74) is 2.78. The lowest BCUT2D eigenvalue weighted by molar-refractivity contribution is -0.121. The molecule has 0 saturated carbocycles. The van der Waals surface area contributed by atoms with Crippen LogP contribution in [0.5, 0.6) is 0 Å². The normalized spacial score (nSPS) is 17.3. The molecule has 10 heteroatoms. The van der Waals surface area contributed by atoms with E-state index in [0.717, 1.165) is 52.3 Å². The minimum Gasteiger partial charge on any atom is -0.356 e. The molecule has 8 nitrogen and oxygen atoms in total. The van der Waals surface area contributed by atoms with Crippen molar-refractivity contribution >= 4 is 29.0 Å². The maximum Gasteiger partial charge on any atom is 0.257 e. The Morgan fingerprint density at radius 2 is 2.24 bits per heavy atom. The molecule has 1 N–H and O–H groups in total. The molecule has 0 saturated heterocycles. The van der Waals surface area contributed by atoms with Gasteiger partial charge < -0.3 is 5.32 Å². The van der Waals surface area contributed by atoms with Gasteiger partial charge in [-0.1, -0.05) is 11.8 Å². The lowest BCUT2D eigenvalue weighted by Crippen LogP contribution is -2.33. The van der Waals surface area contributed by atoms with E-state index in [1.807, 2.05) is 17.6 Å². The van der Waals surface area contributed by atoms with Gasteiger partial charge in [0.25, 0.3) is 5.56 Å². The molecular weight excluding hydrogens is 408 g/mol. The summed E-state index contributed by atoms with van der Waals surface area (Å²) in [4.78, 5) is 34.5. The number of carbonyl (C=O) groups is 1. The third kappa shape index (κ3) is 3.62. The first kappa shape index (κ1) is 18.6. The predicted octanol–water partition coefficient (Wildman–Crippen LogP) is 1.77. The molecule has 29 heavy (non-hydrogen) atoms. The second kappa shape index (κ2) is 7.75. The average molecular weight is 429 g/mol. The van der Waals surface area contributed by atoms with Crippen molar-refractivity contribution in [1.82, 2.24) is 29.6 Å². The fourth-order valence-electron chi connectivity index (χ4n) is 3.82. The van der Waals surface area contributed by atoms with Gasteiger partial charge in [0, 0.05) is 48.5 Å². The lowest BCUT2D eigenvalue weighted by atomic mass is 10.2. The molecule has 0 radical (unpaired) electrons. The van der Waals surface area contributed by atoms with Crippen molar-refractivity contribution in [3.05, 3.63) is 51.1 Å². The maximum atomic E-state index is 12.8. The third-order valence-electron chi connectivity index (χ3n) is 5.24. The van der Waals surface area contributed by atoms with E-state index in [-0.39, 0.29) is 17.5 Å². The van der Waals surface area contributed by atoms with Crippen molar-refractivity contribution in [3.8, 4) is 5.13 Å². The first-order valence-electron chi connectivity index (χ1n) is 9.67. The van der Waals surface area contributed by atoms with Gasteiger partial charge in [-0.15, -0.1) is 11.3 Å². The fraction of sp³-hybridized carbons (Fsp3) is 0.421.